The van der Waals surface area contributed by atoms with Crippen molar-refractivity contribution in [2.45, 2.75) is 46.6 Å². The van der Waals surface area contributed by atoms with Gasteiger partial charge in [-0.25, -0.2) is 4.79 Å². The van der Waals surface area contributed by atoms with Crippen molar-refractivity contribution >= 4 is 5.97 Å². The number of ether oxygens (including phenoxy) is 2. The Morgan fingerprint density at radius 3 is 2.33 bits per heavy atom. The predicted octanol–water partition coefficient (Wildman–Crippen LogP) is 5.59. The highest BCUT2D eigenvalue weighted by atomic mass is 16.5. The van der Waals surface area contributed by atoms with E-state index in [1.54, 1.807) is 0 Å². The van der Waals surface area contributed by atoms with Crippen LogP contribution in [0.2, 0.25) is 0 Å². The van der Waals surface area contributed by atoms with Crippen molar-refractivity contribution in [3.8, 4) is 5.75 Å². The SMILES string of the molecule is CC.CCC(C)c1ccc(OCc2ccccc2)c(C(=O)OC)c1. The molecule has 2 rings (SSSR count). The van der Waals surface area contributed by atoms with Crippen LogP contribution in [0.15, 0.2) is 48.5 Å². The van der Waals surface area contributed by atoms with Crippen LogP contribution in [0.4, 0.5) is 0 Å². The standard InChI is InChI=1S/C19H22O3.C2H6/c1-4-14(2)16-10-11-18(17(12-16)19(20)21-3)22-13-15-8-6-5-7-9-15;1-2/h5-12,14H,4,13H2,1-3H3;1-2H3. The number of esters is 1. The normalized spacial score (nSPS) is 11.0. The van der Waals surface area contributed by atoms with Crippen LogP contribution in [-0.4, -0.2) is 13.1 Å². The average Bonchev–Trinajstić information content (AvgIpc) is 2.67. The van der Waals surface area contributed by atoms with E-state index in [2.05, 4.69) is 13.8 Å². The van der Waals surface area contributed by atoms with Crippen molar-refractivity contribution in [3.05, 3.63) is 65.2 Å². The number of benzene rings is 2. The molecule has 3 heteroatoms. The molecule has 0 N–H and O–H groups in total. The Morgan fingerprint density at radius 2 is 1.75 bits per heavy atom. The molecule has 24 heavy (non-hydrogen) atoms. The first-order valence-electron chi connectivity index (χ1n) is 8.54. The van der Waals surface area contributed by atoms with Gasteiger partial charge in [-0.1, -0.05) is 64.1 Å². The van der Waals surface area contributed by atoms with E-state index in [9.17, 15) is 4.79 Å². The fraction of sp³-hybridized carbons (Fsp3) is 0.381. The molecule has 2 aromatic rings. The molecule has 0 saturated heterocycles. The third-order valence-corrected chi connectivity index (χ3v) is 3.83. The first kappa shape index (κ1) is 19.8. The van der Waals surface area contributed by atoms with Gasteiger partial charge in [-0.05, 0) is 35.6 Å². The molecule has 1 atom stereocenters. The van der Waals surface area contributed by atoms with Gasteiger partial charge < -0.3 is 9.47 Å². The van der Waals surface area contributed by atoms with Crippen molar-refractivity contribution < 1.29 is 14.3 Å². The van der Waals surface area contributed by atoms with Gasteiger partial charge in [0.2, 0.25) is 0 Å². The lowest BCUT2D eigenvalue weighted by Gasteiger charge is -2.14. The zero-order valence-electron chi connectivity index (χ0n) is 15.3. The van der Waals surface area contributed by atoms with Crippen molar-refractivity contribution in [2.24, 2.45) is 0 Å². The molecule has 0 spiro atoms. The number of carbonyl (C=O) groups excluding carboxylic acids is 1. The highest BCUT2D eigenvalue weighted by Gasteiger charge is 2.16. The molecule has 0 aliphatic carbocycles. The summed E-state index contributed by atoms with van der Waals surface area (Å²) in [6.45, 7) is 8.69. The molecule has 0 amide bonds. The van der Waals surface area contributed by atoms with Crippen LogP contribution in [0.25, 0.3) is 0 Å². The minimum Gasteiger partial charge on any atom is -0.488 e. The maximum absolute atomic E-state index is 12.0. The lowest BCUT2D eigenvalue weighted by Crippen LogP contribution is -2.07. The van der Waals surface area contributed by atoms with Gasteiger partial charge in [-0.3, -0.25) is 0 Å². The zero-order valence-corrected chi connectivity index (χ0v) is 15.3. The van der Waals surface area contributed by atoms with E-state index in [-0.39, 0.29) is 5.97 Å². The Bertz CT molecular complexity index is 620. The second-order valence-corrected chi connectivity index (χ2v) is 5.33. The molecule has 0 saturated carbocycles. The molecule has 3 nitrogen and oxygen atoms in total. The number of carbonyl (C=O) groups is 1. The molecule has 130 valence electrons. The number of hydrogen-bond donors (Lipinski definition) is 0. The Balaban J connectivity index is 0.00000139. The van der Waals surface area contributed by atoms with Crippen LogP contribution in [0.5, 0.6) is 5.75 Å². The summed E-state index contributed by atoms with van der Waals surface area (Å²) >= 11 is 0. The number of methoxy groups -OCH3 is 1. The van der Waals surface area contributed by atoms with Gasteiger partial charge in [0.05, 0.1) is 7.11 Å². The molecule has 0 radical (unpaired) electrons. The summed E-state index contributed by atoms with van der Waals surface area (Å²) in [6, 6.07) is 15.6. The third-order valence-electron chi connectivity index (χ3n) is 3.83. The minimum absolute atomic E-state index is 0.367. The van der Waals surface area contributed by atoms with Gasteiger partial charge in [-0.2, -0.15) is 0 Å². The summed E-state index contributed by atoms with van der Waals surface area (Å²) in [5.41, 5.74) is 2.66. The lowest BCUT2D eigenvalue weighted by molar-refractivity contribution is 0.0595. The van der Waals surface area contributed by atoms with Crippen LogP contribution in [-0.2, 0) is 11.3 Å². The fourth-order valence-electron chi connectivity index (χ4n) is 2.22. The van der Waals surface area contributed by atoms with E-state index < -0.39 is 0 Å². The first-order valence-corrected chi connectivity index (χ1v) is 8.54. The molecule has 0 aromatic heterocycles. The predicted molar refractivity (Wildman–Crippen MR) is 98.6 cm³/mol. The van der Waals surface area contributed by atoms with E-state index in [4.69, 9.17) is 9.47 Å². The molecule has 0 fully saturated rings. The van der Waals surface area contributed by atoms with Crippen LogP contribution < -0.4 is 4.74 Å². The minimum atomic E-state index is -0.367. The second kappa shape index (κ2) is 10.5. The number of rotatable bonds is 6. The third kappa shape index (κ3) is 5.41. The topological polar surface area (TPSA) is 35.5 Å². The Hall–Kier alpha value is -2.29. The highest BCUT2D eigenvalue weighted by Crippen LogP contribution is 2.27. The molecular formula is C21H28O3. The molecular weight excluding hydrogens is 300 g/mol. The molecule has 0 aliphatic heterocycles. The summed E-state index contributed by atoms with van der Waals surface area (Å²) in [6.07, 6.45) is 1.02. The van der Waals surface area contributed by atoms with Gasteiger partial charge in [0.1, 0.15) is 17.9 Å². The van der Waals surface area contributed by atoms with Crippen molar-refractivity contribution in [1.82, 2.24) is 0 Å². The molecule has 1 unspecified atom stereocenters. The lowest BCUT2D eigenvalue weighted by atomic mass is 9.96. The molecule has 2 aromatic carbocycles. The summed E-state index contributed by atoms with van der Waals surface area (Å²) in [4.78, 5) is 12.0. The first-order chi connectivity index (χ1) is 11.7. The van der Waals surface area contributed by atoms with Crippen molar-refractivity contribution in [3.63, 3.8) is 0 Å². The number of hydrogen-bond acceptors (Lipinski definition) is 3. The Morgan fingerprint density at radius 1 is 1.08 bits per heavy atom. The van der Waals surface area contributed by atoms with Gasteiger partial charge in [0.15, 0.2) is 0 Å². The molecule has 0 bridgehead atoms. The second-order valence-electron chi connectivity index (χ2n) is 5.33. The largest absolute Gasteiger partial charge is 0.488 e. The summed E-state index contributed by atoms with van der Waals surface area (Å²) in [5, 5.41) is 0. The van der Waals surface area contributed by atoms with Crippen molar-refractivity contribution in [1.29, 1.82) is 0 Å². The fourth-order valence-corrected chi connectivity index (χ4v) is 2.22. The van der Waals surface area contributed by atoms with Gasteiger partial charge in [0, 0.05) is 0 Å². The Kier molecular flexibility index (Phi) is 8.63. The van der Waals surface area contributed by atoms with Crippen LogP contribution >= 0.6 is 0 Å². The zero-order chi connectivity index (χ0) is 17.9. The van der Waals surface area contributed by atoms with E-state index >= 15 is 0 Å². The molecule has 0 heterocycles. The van der Waals surface area contributed by atoms with Crippen LogP contribution in [0.3, 0.4) is 0 Å². The summed E-state index contributed by atoms with van der Waals surface area (Å²) in [7, 11) is 1.39. The maximum atomic E-state index is 12.0. The highest BCUT2D eigenvalue weighted by molar-refractivity contribution is 5.92. The molecule has 0 aliphatic rings. The van der Waals surface area contributed by atoms with Crippen molar-refractivity contribution in [2.75, 3.05) is 7.11 Å². The summed E-state index contributed by atoms with van der Waals surface area (Å²) in [5.74, 6) is 0.586. The Labute approximate surface area is 145 Å². The smallest absolute Gasteiger partial charge is 0.341 e. The summed E-state index contributed by atoms with van der Waals surface area (Å²) < 4.78 is 10.7. The van der Waals surface area contributed by atoms with Crippen LogP contribution in [0.1, 0.15) is 61.5 Å². The quantitative estimate of drug-likeness (QED) is 0.648. The van der Waals surface area contributed by atoms with E-state index in [0.29, 0.717) is 23.8 Å². The maximum Gasteiger partial charge on any atom is 0.341 e. The van der Waals surface area contributed by atoms with E-state index in [1.807, 2.05) is 62.4 Å². The van der Waals surface area contributed by atoms with Gasteiger partial charge in [0.25, 0.3) is 0 Å². The average molecular weight is 328 g/mol. The monoisotopic (exact) mass is 328 g/mol. The van der Waals surface area contributed by atoms with Gasteiger partial charge in [-0.15, -0.1) is 0 Å². The van der Waals surface area contributed by atoms with E-state index in [1.165, 1.54) is 7.11 Å². The van der Waals surface area contributed by atoms with Gasteiger partial charge >= 0.3 is 5.97 Å². The van der Waals surface area contributed by atoms with Crippen LogP contribution in [0, 0.1) is 0 Å². The van der Waals surface area contributed by atoms with E-state index in [0.717, 1.165) is 17.5 Å².